The van der Waals surface area contributed by atoms with Crippen molar-refractivity contribution in [3.05, 3.63) is 35.4 Å². The summed E-state index contributed by atoms with van der Waals surface area (Å²) in [5.74, 6) is -1.32. The molecule has 0 aromatic heterocycles. The average Bonchev–Trinajstić information content (AvgIpc) is 2.55. The minimum absolute atomic E-state index is 0.152. The van der Waals surface area contributed by atoms with Gasteiger partial charge in [-0.1, -0.05) is 0 Å². The first-order chi connectivity index (χ1) is 11.4. The zero-order valence-electron chi connectivity index (χ0n) is 12.2. The molecule has 0 aliphatic rings. The molecule has 0 unspecified atom stereocenters. The lowest BCUT2D eigenvalue weighted by molar-refractivity contribution is 0.0409. The highest BCUT2D eigenvalue weighted by Gasteiger charge is 2.11. The van der Waals surface area contributed by atoms with E-state index in [4.69, 9.17) is 32.7 Å². The minimum atomic E-state index is -0.991. The first-order valence-corrected chi connectivity index (χ1v) is 7.24. The van der Waals surface area contributed by atoms with Crippen LogP contribution in [-0.4, -0.2) is 49.2 Å². The fourth-order valence-electron chi connectivity index (χ4n) is 1.42. The van der Waals surface area contributed by atoms with E-state index in [-0.39, 0.29) is 37.6 Å². The van der Waals surface area contributed by atoms with Crippen LogP contribution in [0.4, 0.5) is 9.59 Å². The molecule has 0 aliphatic carbocycles. The Bertz CT molecular complexity index is 546. The Morgan fingerprint density at radius 3 is 1.21 bits per heavy atom. The molecular weight excluding hydrogens is 367 g/mol. The third kappa shape index (κ3) is 7.80. The van der Waals surface area contributed by atoms with E-state index in [0.29, 0.717) is 0 Å². The molecule has 0 atom stereocenters. The van der Waals surface area contributed by atoms with E-state index in [2.05, 4.69) is 9.47 Å². The van der Waals surface area contributed by atoms with Gasteiger partial charge in [0, 0.05) is 23.2 Å². The Balaban J connectivity index is 2.41. The van der Waals surface area contributed by atoms with Crippen molar-refractivity contribution in [3.8, 4) is 0 Å². The maximum Gasteiger partial charge on any atom is 0.403 e. The molecule has 0 fully saturated rings. The standard InChI is InChI=1S/C14H12Cl2O8/c15-13(19)23-7-5-21-11(17)9-1-2-10(4-3-9)12(18)22-6-8-24-14(16)20/h1-4H,5-8H2. The van der Waals surface area contributed by atoms with Crippen molar-refractivity contribution in [2.75, 3.05) is 26.4 Å². The molecule has 0 saturated heterocycles. The Labute approximate surface area is 146 Å². The third-order valence-electron chi connectivity index (χ3n) is 2.42. The summed E-state index contributed by atoms with van der Waals surface area (Å²) in [6.07, 6.45) is 0. The first kappa shape index (κ1) is 19.7. The second kappa shape index (κ2) is 10.5. The van der Waals surface area contributed by atoms with Gasteiger partial charge in [0.05, 0.1) is 11.1 Å². The number of hydrogen-bond donors (Lipinski definition) is 0. The van der Waals surface area contributed by atoms with Crippen LogP contribution in [0.25, 0.3) is 0 Å². The van der Waals surface area contributed by atoms with Crippen molar-refractivity contribution in [1.82, 2.24) is 0 Å². The molecule has 0 aliphatic heterocycles. The Morgan fingerprint density at radius 1 is 0.625 bits per heavy atom. The fraction of sp³-hybridized carbons (Fsp3) is 0.286. The lowest BCUT2D eigenvalue weighted by atomic mass is 10.1. The maximum atomic E-state index is 11.7. The van der Waals surface area contributed by atoms with E-state index in [9.17, 15) is 19.2 Å². The number of halogens is 2. The van der Waals surface area contributed by atoms with E-state index in [1.54, 1.807) is 0 Å². The Kier molecular flexibility index (Phi) is 8.59. The molecule has 1 rings (SSSR count). The molecule has 0 spiro atoms. The number of benzene rings is 1. The van der Waals surface area contributed by atoms with Crippen LogP contribution in [0.2, 0.25) is 0 Å². The highest BCUT2D eigenvalue weighted by Crippen LogP contribution is 2.08. The van der Waals surface area contributed by atoms with Gasteiger partial charge in [-0.2, -0.15) is 0 Å². The van der Waals surface area contributed by atoms with Crippen LogP contribution >= 0.6 is 23.2 Å². The van der Waals surface area contributed by atoms with Gasteiger partial charge in [-0.05, 0) is 24.3 Å². The quantitative estimate of drug-likeness (QED) is 0.294. The molecule has 1 aromatic carbocycles. The molecule has 1 aromatic rings. The van der Waals surface area contributed by atoms with Crippen molar-refractivity contribution in [2.24, 2.45) is 0 Å². The van der Waals surface area contributed by atoms with Gasteiger partial charge in [0.25, 0.3) is 0 Å². The van der Waals surface area contributed by atoms with E-state index in [0.717, 1.165) is 0 Å². The number of carbonyl (C=O) groups excluding carboxylic acids is 4. The van der Waals surface area contributed by atoms with Gasteiger partial charge in [0.15, 0.2) is 0 Å². The number of hydrogen-bond acceptors (Lipinski definition) is 8. The van der Waals surface area contributed by atoms with Gasteiger partial charge in [-0.3, -0.25) is 0 Å². The zero-order chi connectivity index (χ0) is 17.9. The molecule has 8 nitrogen and oxygen atoms in total. The molecule has 0 amide bonds. The summed E-state index contributed by atoms with van der Waals surface area (Å²) in [5, 5.41) is 0. The predicted octanol–water partition coefficient (Wildman–Crippen LogP) is 2.75. The van der Waals surface area contributed by atoms with Crippen LogP contribution in [0.5, 0.6) is 0 Å². The molecule has 0 saturated carbocycles. The lowest BCUT2D eigenvalue weighted by Gasteiger charge is -2.06. The topological polar surface area (TPSA) is 105 Å². The molecule has 24 heavy (non-hydrogen) atoms. The summed E-state index contributed by atoms with van der Waals surface area (Å²) >= 11 is 9.88. The van der Waals surface area contributed by atoms with Crippen molar-refractivity contribution in [1.29, 1.82) is 0 Å². The van der Waals surface area contributed by atoms with Gasteiger partial charge in [0.1, 0.15) is 26.4 Å². The van der Waals surface area contributed by atoms with Gasteiger partial charge >= 0.3 is 22.8 Å². The predicted molar refractivity (Wildman–Crippen MR) is 81.4 cm³/mol. The van der Waals surface area contributed by atoms with Gasteiger partial charge in [-0.25, -0.2) is 19.2 Å². The smallest absolute Gasteiger partial charge is 0.403 e. The number of ether oxygens (including phenoxy) is 4. The molecule has 0 radical (unpaired) electrons. The van der Waals surface area contributed by atoms with Crippen LogP contribution in [0, 0.1) is 0 Å². The summed E-state index contributed by atoms with van der Waals surface area (Å²) in [6.45, 7) is -0.628. The first-order valence-electron chi connectivity index (χ1n) is 6.49. The summed E-state index contributed by atoms with van der Waals surface area (Å²) in [4.78, 5) is 44.0. The highest BCUT2D eigenvalue weighted by atomic mass is 35.5. The zero-order valence-corrected chi connectivity index (χ0v) is 13.7. The normalized spacial score (nSPS) is 9.75. The monoisotopic (exact) mass is 378 g/mol. The molecular formula is C14H12Cl2O8. The summed E-state index contributed by atoms with van der Waals surface area (Å²) < 4.78 is 18.4. The van der Waals surface area contributed by atoms with Crippen LogP contribution in [0.15, 0.2) is 24.3 Å². The maximum absolute atomic E-state index is 11.7. The third-order valence-corrected chi connectivity index (χ3v) is 2.64. The van der Waals surface area contributed by atoms with E-state index >= 15 is 0 Å². The van der Waals surface area contributed by atoms with Crippen molar-refractivity contribution in [3.63, 3.8) is 0 Å². The average molecular weight is 379 g/mol. The van der Waals surface area contributed by atoms with Gasteiger partial charge < -0.3 is 18.9 Å². The van der Waals surface area contributed by atoms with Crippen LogP contribution in [0.1, 0.15) is 20.7 Å². The van der Waals surface area contributed by atoms with Crippen LogP contribution in [-0.2, 0) is 18.9 Å². The fourth-order valence-corrected chi connectivity index (χ4v) is 1.58. The molecule has 0 N–H and O–H groups in total. The Hall–Kier alpha value is -2.32. The highest BCUT2D eigenvalue weighted by molar-refractivity contribution is 6.61. The van der Waals surface area contributed by atoms with E-state index in [1.165, 1.54) is 24.3 Å². The molecule has 0 bridgehead atoms. The molecule has 10 heteroatoms. The van der Waals surface area contributed by atoms with Crippen LogP contribution in [0.3, 0.4) is 0 Å². The van der Waals surface area contributed by atoms with E-state index < -0.39 is 22.8 Å². The minimum Gasteiger partial charge on any atom is -0.458 e. The number of rotatable bonds is 8. The summed E-state index contributed by atoms with van der Waals surface area (Å²) in [5.41, 5.74) is -1.59. The van der Waals surface area contributed by atoms with Gasteiger partial charge in [-0.15, -0.1) is 0 Å². The second-order valence-electron chi connectivity index (χ2n) is 4.02. The SMILES string of the molecule is O=C(Cl)OCCOC(=O)c1ccc(C(=O)OCCOC(=O)Cl)cc1. The van der Waals surface area contributed by atoms with Gasteiger partial charge in [0.2, 0.25) is 0 Å². The largest absolute Gasteiger partial charge is 0.458 e. The summed E-state index contributed by atoms with van der Waals surface area (Å²) in [7, 11) is 0. The number of esters is 2. The lowest BCUT2D eigenvalue weighted by Crippen LogP contribution is -2.13. The van der Waals surface area contributed by atoms with Crippen LogP contribution < -0.4 is 0 Å². The Morgan fingerprint density at radius 2 is 0.917 bits per heavy atom. The molecule has 130 valence electrons. The number of carbonyl (C=O) groups is 4. The van der Waals surface area contributed by atoms with Crippen molar-refractivity contribution >= 4 is 46.0 Å². The van der Waals surface area contributed by atoms with Crippen molar-refractivity contribution in [2.45, 2.75) is 0 Å². The molecule has 0 heterocycles. The second-order valence-corrected chi connectivity index (χ2v) is 4.64. The summed E-state index contributed by atoms with van der Waals surface area (Å²) in [6, 6.07) is 5.47. The van der Waals surface area contributed by atoms with Crippen molar-refractivity contribution < 1.29 is 38.1 Å². The van der Waals surface area contributed by atoms with E-state index in [1.807, 2.05) is 0 Å².